The Hall–Kier alpha value is -0.990. The highest BCUT2D eigenvalue weighted by atomic mass is 79.9. The number of hydrogen-bond acceptors (Lipinski definition) is 1. The summed E-state index contributed by atoms with van der Waals surface area (Å²) in [4.78, 5) is 0. The molecule has 0 aliphatic carbocycles. The Labute approximate surface area is 210 Å². The van der Waals surface area contributed by atoms with E-state index >= 15 is 0 Å². The van der Waals surface area contributed by atoms with Crippen molar-refractivity contribution in [1.82, 2.24) is 5.32 Å². The van der Waals surface area contributed by atoms with Crippen molar-refractivity contribution in [2.75, 3.05) is 19.3 Å². The lowest BCUT2D eigenvalue weighted by atomic mass is 10.2. The van der Waals surface area contributed by atoms with Crippen molar-refractivity contribution in [3.8, 4) is 0 Å². The van der Waals surface area contributed by atoms with E-state index in [-0.39, 0.29) is 34.0 Å². The zero-order valence-electron chi connectivity index (χ0n) is 18.6. The predicted octanol–water partition coefficient (Wildman–Crippen LogP) is 6.70. The maximum Gasteiger partial charge on any atom is 0.112 e. The third-order valence-electron chi connectivity index (χ3n) is 5.65. The van der Waals surface area contributed by atoms with Gasteiger partial charge in [0.25, 0.3) is 0 Å². The summed E-state index contributed by atoms with van der Waals surface area (Å²) in [6.45, 7) is 4.52. The van der Waals surface area contributed by atoms with Crippen LogP contribution >= 0.6 is 41.2 Å². The Bertz CT molecular complexity index is 716. The van der Waals surface area contributed by atoms with Crippen LogP contribution in [0.1, 0.15) is 39.0 Å². The molecule has 3 rings (SSSR count). The highest BCUT2D eigenvalue weighted by molar-refractivity contribution is 8.93. The second-order valence-electron chi connectivity index (χ2n) is 7.70. The monoisotopic (exact) mass is 564 g/mol. The van der Waals surface area contributed by atoms with Crippen LogP contribution in [0.3, 0.4) is 0 Å². The smallest absolute Gasteiger partial charge is 0.112 e. The summed E-state index contributed by atoms with van der Waals surface area (Å²) in [5, 5.41) is 8.15. The van der Waals surface area contributed by atoms with Crippen LogP contribution in [-0.2, 0) is 0 Å². The van der Waals surface area contributed by atoms with Crippen LogP contribution in [0.5, 0.6) is 0 Å². The van der Waals surface area contributed by atoms with Gasteiger partial charge in [0.05, 0.1) is 6.16 Å². The number of hydrogen-bond donors (Lipinski definition) is 1. The number of halogens is 2. The average molecular weight is 566 g/mol. The third kappa shape index (κ3) is 7.82. The number of benzene rings is 3. The maximum atomic E-state index is 3.69. The first-order chi connectivity index (χ1) is 14.4. The fourth-order valence-electron chi connectivity index (χ4n) is 4.12. The molecule has 3 aromatic rings. The summed E-state index contributed by atoms with van der Waals surface area (Å²) in [6.07, 6.45) is 7.69. The van der Waals surface area contributed by atoms with E-state index in [9.17, 15) is 0 Å². The minimum absolute atomic E-state index is 0. The van der Waals surface area contributed by atoms with Gasteiger partial charge in [0.2, 0.25) is 0 Å². The lowest BCUT2D eigenvalue weighted by Crippen LogP contribution is -2.34. The van der Waals surface area contributed by atoms with Crippen LogP contribution < -0.4 is 21.2 Å². The molecule has 0 heterocycles. The highest BCUT2D eigenvalue weighted by Crippen LogP contribution is 2.55. The van der Waals surface area contributed by atoms with E-state index in [2.05, 4.69) is 103 Å². The molecule has 0 spiro atoms. The van der Waals surface area contributed by atoms with E-state index < -0.39 is 7.26 Å². The van der Waals surface area contributed by atoms with E-state index in [1.165, 1.54) is 54.2 Å². The molecule has 0 aliphatic heterocycles. The average Bonchev–Trinajstić information content (AvgIpc) is 2.80. The normalized spacial score (nSPS) is 10.7. The van der Waals surface area contributed by atoms with Crippen molar-refractivity contribution in [2.24, 2.45) is 0 Å². The quantitative estimate of drug-likeness (QED) is 0.190. The Morgan fingerprint density at radius 1 is 0.548 bits per heavy atom. The first kappa shape index (κ1) is 28.0. The molecular formula is C27H37Br2NP+. The molecule has 1 nitrogen and oxygen atoms in total. The SMILES string of the molecule is Br.Br.CCCCCCNCCC[P+](c1ccccc1)(c1ccccc1)c1ccccc1. The molecule has 4 heteroatoms. The van der Waals surface area contributed by atoms with Gasteiger partial charge in [-0.05, 0) is 62.3 Å². The van der Waals surface area contributed by atoms with Crippen LogP contribution in [-0.4, -0.2) is 19.3 Å². The van der Waals surface area contributed by atoms with Crippen molar-refractivity contribution in [2.45, 2.75) is 39.0 Å². The van der Waals surface area contributed by atoms with Gasteiger partial charge in [0.15, 0.2) is 0 Å². The molecule has 3 aromatic carbocycles. The molecule has 0 aliphatic rings. The number of rotatable bonds is 12. The minimum atomic E-state index is -1.66. The van der Waals surface area contributed by atoms with Gasteiger partial charge < -0.3 is 5.32 Å². The fraction of sp³-hybridized carbons (Fsp3) is 0.333. The zero-order valence-corrected chi connectivity index (χ0v) is 22.9. The van der Waals surface area contributed by atoms with E-state index in [0.29, 0.717) is 0 Å². The van der Waals surface area contributed by atoms with Gasteiger partial charge in [-0.2, -0.15) is 0 Å². The Morgan fingerprint density at radius 3 is 1.39 bits per heavy atom. The van der Waals surface area contributed by atoms with Gasteiger partial charge in [0.1, 0.15) is 23.2 Å². The van der Waals surface area contributed by atoms with Crippen LogP contribution in [0.4, 0.5) is 0 Å². The lowest BCUT2D eigenvalue weighted by molar-refractivity contribution is 0.595. The van der Waals surface area contributed by atoms with E-state index in [0.717, 1.165) is 13.1 Å². The van der Waals surface area contributed by atoms with Crippen molar-refractivity contribution in [3.63, 3.8) is 0 Å². The molecule has 0 saturated heterocycles. The summed E-state index contributed by atoms with van der Waals surface area (Å²) in [7, 11) is -1.66. The Kier molecular flexibility index (Phi) is 14.3. The molecule has 168 valence electrons. The standard InChI is InChI=1S/C27H35NP.2BrH/c1-2-3-4-14-22-28-23-15-24-29(25-16-8-5-9-17-25,26-18-10-6-11-19-26)27-20-12-7-13-21-27;;/h5-13,16-21,28H,2-4,14-15,22-24H2,1H3;2*1H/q+1;;. The minimum Gasteiger partial charge on any atom is -0.317 e. The summed E-state index contributed by atoms with van der Waals surface area (Å²) in [5.41, 5.74) is 0. The second kappa shape index (κ2) is 15.8. The molecule has 0 atom stereocenters. The van der Waals surface area contributed by atoms with Gasteiger partial charge in [-0.25, -0.2) is 0 Å². The van der Waals surface area contributed by atoms with E-state index in [1.54, 1.807) is 0 Å². The zero-order chi connectivity index (χ0) is 20.2. The highest BCUT2D eigenvalue weighted by Gasteiger charge is 2.44. The number of unbranched alkanes of at least 4 members (excludes halogenated alkanes) is 3. The summed E-state index contributed by atoms with van der Waals surface area (Å²) in [6, 6.07) is 33.6. The van der Waals surface area contributed by atoms with Crippen LogP contribution in [0, 0.1) is 0 Å². The van der Waals surface area contributed by atoms with Crippen molar-refractivity contribution < 1.29 is 0 Å². The molecule has 0 saturated carbocycles. The van der Waals surface area contributed by atoms with Gasteiger partial charge >= 0.3 is 0 Å². The van der Waals surface area contributed by atoms with Gasteiger partial charge in [-0.1, -0.05) is 80.8 Å². The van der Waals surface area contributed by atoms with Gasteiger partial charge in [-0.3, -0.25) is 0 Å². The Morgan fingerprint density at radius 2 is 0.968 bits per heavy atom. The van der Waals surface area contributed by atoms with Gasteiger partial charge in [-0.15, -0.1) is 34.0 Å². The van der Waals surface area contributed by atoms with E-state index in [1.807, 2.05) is 0 Å². The number of nitrogens with one attached hydrogen (secondary N) is 1. The molecule has 0 amide bonds. The van der Waals surface area contributed by atoms with Crippen molar-refractivity contribution in [3.05, 3.63) is 91.0 Å². The molecule has 0 bridgehead atoms. The predicted molar refractivity (Wildman–Crippen MR) is 152 cm³/mol. The lowest BCUT2D eigenvalue weighted by Gasteiger charge is -2.27. The molecule has 0 fully saturated rings. The Balaban J connectivity index is 0.00000240. The molecule has 0 aromatic heterocycles. The van der Waals surface area contributed by atoms with Crippen molar-refractivity contribution in [1.29, 1.82) is 0 Å². The van der Waals surface area contributed by atoms with Crippen LogP contribution in [0.15, 0.2) is 91.0 Å². The summed E-state index contributed by atoms with van der Waals surface area (Å²) < 4.78 is 0. The first-order valence-corrected chi connectivity index (χ1v) is 13.1. The second-order valence-corrected chi connectivity index (χ2v) is 11.3. The van der Waals surface area contributed by atoms with Crippen LogP contribution in [0.25, 0.3) is 0 Å². The molecule has 1 N–H and O–H groups in total. The van der Waals surface area contributed by atoms with Gasteiger partial charge in [0, 0.05) is 0 Å². The first-order valence-electron chi connectivity index (χ1n) is 11.1. The summed E-state index contributed by atoms with van der Waals surface area (Å²) in [5.74, 6) is 0. The molecule has 0 radical (unpaired) electrons. The fourth-order valence-corrected chi connectivity index (χ4v) is 8.47. The van der Waals surface area contributed by atoms with E-state index in [4.69, 9.17) is 0 Å². The molecule has 0 unspecified atom stereocenters. The topological polar surface area (TPSA) is 12.0 Å². The van der Waals surface area contributed by atoms with Crippen molar-refractivity contribution >= 4 is 57.1 Å². The maximum absolute atomic E-state index is 3.69. The molecular weight excluding hydrogens is 529 g/mol. The largest absolute Gasteiger partial charge is 0.317 e. The van der Waals surface area contributed by atoms with Crippen LogP contribution in [0.2, 0.25) is 0 Å². The third-order valence-corrected chi connectivity index (χ3v) is 10.2. The molecule has 31 heavy (non-hydrogen) atoms. The summed E-state index contributed by atoms with van der Waals surface area (Å²) >= 11 is 0.